The van der Waals surface area contributed by atoms with Crippen LogP contribution in [0.15, 0.2) is 34.9 Å². The molecular formula is C19H21N5O3. The minimum Gasteiger partial charge on any atom is -0.449 e. The van der Waals surface area contributed by atoms with Crippen molar-refractivity contribution < 1.29 is 14.3 Å². The molecule has 0 saturated heterocycles. The standard InChI is InChI=1S/C19H21N5O3/c1-21-23-16(12-5-4-6-12)17-15(10-25)27-18-13(19(26)24(2)3)7-11(9-20)8-14(18)22-17/h7-8,10,21-23H,4-6H2,1-3H3. The van der Waals surface area contributed by atoms with Crippen LogP contribution in [0, 0.1) is 11.3 Å². The third-order valence-corrected chi connectivity index (χ3v) is 4.49. The quantitative estimate of drug-likeness (QED) is 0.536. The molecule has 0 unspecified atom stereocenters. The van der Waals surface area contributed by atoms with E-state index >= 15 is 0 Å². The number of hydrazine groups is 1. The molecule has 1 aliphatic heterocycles. The number of fused-ring (bicyclic) bond motifs is 1. The molecule has 3 rings (SSSR count). The van der Waals surface area contributed by atoms with E-state index in [0.717, 1.165) is 25.0 Å². The van der Waals surface area contributed by atoms with Crippen LogP contribution >= 0.6 is 0 Å². The van der Waals surface area contributed by atoms with Crippen molar-refractivity contribution in [2.75, 3.05) is 26.5 Å². The minimum absolute atomic E-state index is 0.0807. The van der Waals surface area contributed by atoms with Gasteiger partial charge in [-0.15, -0.1) is 0 Å². The molecule has 0 atom stereocenters. The van der Waals surface area contributed by atoms with Gasteiger partial charge in [0, 0.05) is 21.1 Å². The SMILES string of the molecule is CNNC(=C1CCC1)C1=C(C=O)Oc2c(cc(C#N)cc2C(=O)N(C)C)N1. The lowest BCUT2D eigenvalue weighted by molar-refractivity contribution is -0.106. The molecule has 1 heterocycles. The first-order chi connectivity index (χ1) is 13.0. The molecule has 8 nitrogen and oxygen atoms in total. The highest BCUT2D eigenvalue weighted by Gasteiger charge is 2.30. The van der Waals surface area contributed by atoms with E-state index in [4.69, 9.17) is 4.74 Å². The number of rotatable bonds is 5. The topological polar surface area (TPSA) is 106 Å². The highest BCUT2D eigenvalue weighted by atomic mass is 16.5. The lowest BCUT2D eigenvalue weighted by Gasteiger charge is -2.30. The minimum atomic E-state index is -0.315. The Balaban J connectivity index is 2.13. The number of nitrogens with zero attached hydrogens (tertiary/aromatic N) is 2. The molecule has 0 aromatic heterocycles. The van der Waals surface area contributed by atoms with E-state index in [9.17, 15) is 14.9 Å². The summed E-state index contributed by atoms with van der Waals surface area (Å²) in [6.45, 7) is 0. The van der Waals surface area contributed by atoms with Crippen molar-refractivity contribution in [3.63, 3.8) is 0 Å². The smallest absolute Gasteiger partial charge is 0.257 e. The van der Waals surface area contributed by atoms with Crippen LogP contribution in [-0.2, 0) is 4.79 Å². The zero-order valence-corrected chi connectivity index (χ0v) is 15.5. The number of hydrogen-bond acceptors (Lipinski definition) is 7. The van der Waals surface area contributed by atoms with Crippen molar-refractivity contribution in [3.05, 3.63) is 46.0 Å². The maximum absolute atomic E-state index is 12.5. The van der Waals surface area contributed by atoms with E-state index in [-0.39, 0.29) is 23.0 Å². The monoisotopic (exact) mass is 367 g/mol. The fourth-order valence-corrected chi connectivity index (χ4v) is 2.98. The Morgan fingerprint density at radius 2 is 2.11 bits per heavy atom. The third kappa shape index (κ3) is 3.37. The second-order valence-corrected chi connectivity index (χ2v) is 6.50. The summed E-state index contributed by atoms with van der Waals surface area (Å²) < 4.78 is 5.83. The van der Waals surface area contributed by atoms with Gasteiger partial charge in [-0.2, -0.15) is 5.26 Å². The van der Waals surface area contributed by atoms with Crippen molar-refractivity contribution in [2.45, 2.75) is 19.3 Å². The second kappa shape index (κ2) is 7.51. The Morgan fingerprint density at radius 1 is 1.37 bits per heavy atom. The van der Waals surface area contributed by atoms with Crippen LogP contribution in [0.25, 0.3) is 0 Å². The molecule has 3 N–H and O–H groups in total. The summed E-state index contributed by atoms with van der Waals surface area (Å²) in [7, 11) is 4.96. The molecule has 1 aromatic carbocycles. The fraction of sp³-hybridized carbons (Fsp3) is 0.316. The van der Waals surface area contributed by atoms with E-state index in [2.05, 4.69) is 22.2 Å². The van der Waals surface area contributed by atoms with Gasteiger partial charge in [0.15, 0.2) is 17.8 Å². The predicted molar refractivity (Wildman–Crippen MR) is 99.6 cm³/mol. The van der Waals surface area contributed by atoms with Gasteiger partial charge in [-0.05, 0) is 37.0 Å². The molecule has 0 radical (unpaired) electrons. The van der Waals surface area contributed by atoms with Crippen LogP contribution in [0.4, 0.5) is 5.69 Å². The largest absolute Gasteiger partial charge is 0.449 e. The number of allylic oxidation sites excluding steroid dienone is 2. The lowest BCUT2D eigenvalue weighted by Crippen LogP contribution is -2.34. The number of ether oxygens (including phenoxy) is 1. The maximum Gasteiger partial charge on any atom is 0.257 e. The van der Waals surface area contributed by atoms with E-state index < -0.39 is 0 Å². The number of nitrogens with one attached hydrogen (secondary N) is 3. The summed E-state index contributed by atoms with van der Waals surface area (Å²) in [5, 5.41) is 12.5. The molecule has 1 fully saturated rings. The average Bonchev–Trinajstić information content (AvgIpc) is 2.63. The Hall–Kier alpha value is -3.31. The van der Waals surface area contributed by atoms with E-state index in [1.165, 1.54) is 16.5 Å². The first-order valence-corrected chi connectivity index (χ1v) is 8.59. The van der Waals surface area contributed by atoms with Crippen LogP contribution in [0.1, 0.15) is 35.2 Å². The molecule has 0 spiro atoms. The Labute approximate surface area is 157 Å². The summed E-state index contributed by atoms with van der Waals surface area (Å²) in [5.41, 5.74) is 9.36. The van der Waals surface area contributed by atoms with Gasteiger partial charge in [0.1, 0.15) is 5.70 Å². The number of carbonyl (C=O) groups is 2. The Morgan fingerprint density at radius 3 is 2.63 bits per heavy atom. The van der Waals surface area contributed by atoms with Crippen LogP contribution in [-0.4, -0.2) is 38.2 Å². The van der Waals surface area contributed by atoms with Crippen molar-refractivity contribution in [2.24, 2.45) is 0 Å². The second-order valence-electron chi connectivity index (χ2n) is 6.50. The fourth-order valence-electron chi connectivity index (χ4n) is 2.98. The molecule has 0 bridgehead atoms. The molecule has 8 heteroatoms. The number of carbonyl (C=O) groups excluding carboxylic acids is 2. The zero-order valence-electron chi connectivity index (χ0n) is 15.5. The zero-order chi connectivity index (χ0) is 19.6. The van der Waals surface area contributed by atoms with Crippen LogP contribution in [0.2, 0.25) is 0 Å². The number of benzene rings is 1. The molecule has 1 saturated carbocycles. The number of amides is 1. The Kier molecular flexibility index (Phi) is 5.14. The summed E-state index contributed by atoms with van der Waals surface area (Å²) in [6, 6.07) is 5.13. The van der Waals surface area contributed by atoms with Crippen molar-refractivity contribution in [1.29, 1.82) is 5.26 Å². The molecule has 1 amide bonds. The van der Waals surface area contributed by atoms with Gasteiger partial charge in [-0.1, -0.05) is 0 Å². The van der Waals surface area contributed by atoms with Gasteiger partial charge in [0.2, 0.25) is 0 Å². The predicted octanol–water partition coefficient (Wildman–Crippen LogP) is 1.64. The third-order valence-electron chi connectivity index (χ3n) is 4.49. The molecule has 1 aromatic rings. The maximum atomic E-state index is 12.5. The number of nitriles is 1. The van der Waals surface area contributed by atoms with E-state index in [1.807, 2.05) is 0 Å². The normalized spacial score (nSPS) is 14.8. The molecular weight excluding hydrogens is 346 g/mol. The first kappa shape index (κ1) is 18.5. The lowest BCUT2D eigenvalue weighted by atomic mass is 9.89. The van der Waals surface area contributed by atoms with Gasteiger partial charge in [-0.3, -0.25) is 9.59 Å². The Bertz CT molecular complexity index is 903. The summed E-state index contributed by atoms with van der Waals surface area (Å²) >= 11 is 0. The van der Waals surface area contributed by atoms with Crippen LogP contribution in [0.3, 0.4) is 0 Å². The summed E-state index contributed by atoms with van der Waals surface area (Å²) in [5.74, 6) is 0.00269. The van der Waals surface area contributed by atoms with Gasteiger partial charge in [0.05, 0.1) is 28.6 Å². The van der Waals surface area contributed by atoms with Crippen molar-refractivity contribution in [1.82, 2.24) is 15.8 Å². The highest BCUT2D eigenvalue weighted by Crippen LogP contribution is 2.40. The van der Waals surface area contributed by atoms with Crippen molar-refractivity contribution >= 4 is 17.9 Å². The van der Waals surface area contributed by atoms with Gasteiger partial charge in [0.25, 0.3) is 5.91 Å². The van der Waals surface area contributed by atoms with Crippen LogP contribution < -0.4 is 20.9 Å². The summed E-state index contributed by atoms with van der Waals surface area (Å²) in [6.07, 6.45) is 3.56. The average molecular weight is 367 g/mol. The van der Waals surface area contributed by atoms with E-state index in [0.29, 0.717) is 23.2 Å². The molecule has 140 valence electrons. The van der Waals surface area contributed by atoms with Gasteiger partial charge in [-0.25, -0.2) is 5.43 Å². The molecule has 27 heavy (non-hydrogen) atoms. The first-order valence-electron chi connectivity index (χ1n) is 8.59. The van der Waals surface area contributed by atoms with Gasteiger partial charge < -0.3 is 20.4 Å². The molecule has 1 aliphatic carbocycles. The number of anilines is 1. The highest BCUT2D eigenvalue weighted by molar-refractivity contribution is 6.00. The van der Waals surface area contributed by atoms with E-state index in [1.54, 1.807) is 27.2 Å². The molecule has 2 aliphatic rings. The van der Waals surface area contributed by atoms with Gasteiger partial charge >= 0.3 is 0 Å². The van der Waals surface area contributed by atoms with Crippen molar-refractivity contribution in [3.8, 4) is 11.8 Å². The number of aldehydes is 1. The summed E-state index contributed by atoms with van der Waals surface area (Å²) in [4.78, 5) is 25.6. The number of hydrogen-bond donors (Lipinski definition) is 3. The van der Waals surface area contributed by atoms with Crippen LogP contribution in [0.5, 0.6) is 5.75 Å².